The second-order valence-corrected chi connectivity index (χ2v) is 6.17. The van der Waals surface area contributed by atoms with E-state index in [0.717, 1.165) is 37.8 Å². The van der Waals surface area contributed by atoms with Gasteiger partial charge in [-0.15, -0.1) is 0 Å². The zero-order valence-electron chi connectivity index (χ0n) is 15.3. The topological polar surface area (TPSA) is 83.6 Å². The lowest BCUT2D eigenvalue weighted by Crippen LogP contribution is -2.36. The van der Waals surface area contributed by atoms with E-state index in [-0.39, 0.29) is 11.0 Å². The van der Waals surface area contributed by atoms with E-state index in [2.05, 4.69) is 18.4 Å². The number of nitrogens with zero attached hydrogens (tertiary/aromatic N) is 1. The number of carbonyl (C=O) groups excluding carboxylic acids is 1. The summed E-state index contributed by atoms with van der Waals surface area (Å²) >= 11 is 0. The molecule has 0 aliphatic carbocycles. The SMILES string of the molecule is C=C(C=CC/C(=C\C)N(C)CC(CC)(CCN)CCC=O)C(=O)O. The molecule has 5 nitrogen and oxygen atoms in total. The molecule has 0 heterocycles. The molecule has 136 valence electrons. The number of aldehydes is 1. The normalized spacial score (nSPS) is 14.4. The largest absolute Gasteiger partial charge is 0.478 e. The van der Waals surface area contributed by atoms with E-state index in [9.17, 15) is 9.59 Å². The summed E-state index contributed by atoms with van der Waals surface area (Å²) in [5.41, 5.74) is 6.99. The third kappa shape index (κ3) is 7.59. The average molecular weight is 336 g/mol. The summed E-state index contributed by atoms with van der Waals surface area (Å²) in [5, 5.41) is 8.82. The van der Waals surface area contributed by atoms with Crippen molar-refractivity contribution in [3.8, 4) is 0 Å². The Bertz CT molecular complexity index is 483. The fourth-order valence-electron chi connectivity index (χ4n) is 2.91. The minimum atomic E-state index is -1.01. The third-order valence-corrected chi connectivity index (χ3v) is 4.53. The molecular formula is C19H32N2O3. The van der Waals surface area contributed by atoms with Crippen molar-refractivity contribution in [2.45, 2.75) is 46.0 Å². The lowest BCUT2D eigenvalue weighted by molar-refractivity contribution is -0.132. The van der Waals surface area contributed by atoms with Crippen LogP contribution in [0.4, 0.5) is 0 Å². The molecule has 1 atom stereocenters. The Hall–Kier alpha value is -1.88. The van der Waals surface area contributed by atoms with Crippen LogP contribution in [-0.4, -0.2) is 42.4 Å². The van der Waals surface area contributed by atoms with Crippen molar-refractivity contribution in [1.29, 1.82) is 0 Å². The molecule has 0 radical (unpaired) electrons. The van der Waals surface area contributed by atoms with Crippen LogP contribution in [0.5, 0.6) is 0 Å². The number of carboxylic acid groups (broad SMARTS) is 1. The second kappa shape index (κ2) is 11.6. The summed E-state index contributed by atoms with van der Waals surface area (Å²) in [6.07, 6.45) is 10.2. The molecule has 0 aromatic rings. The van der Waals surface area contributed by atoms with Crippen LogP contribution in [0.1, 0.15) is 46.0 Å². The Kier molecular flexibility index (Phi) is 10.7. The lowest BCUT2D eigenvalue weighted by Gasteiger charge is -2.38. The van der Waals surface area contributed by atoms with Gasteiger partial charge in [-0.05, 0) is 38.1 Å². The molecule has 0 bridgehead atoms. The zero-order valence-corrected chi connectivity index (χ0v) is 15.3. The Morgan fingerprint density at radius 3 is 2.50 bits per heavy atom. The van der Waals surface area contributed by atoms with Crippen LogP contribution >= 0.6 is 0 Å². The number of aliphatic carboxylic acids is 1. The zero-order chi connectivity index (χ0) is 18.6. The van der Waals surface area contributed by atoms with Crippen LogP contribution in [0, 0.1) is 5.41 Å². The molecule has 0 saturated heterocycles. The quantitative estimate of drug-likeness (QED) is 0.307. The highest BCUT2D eigenvalue weighted by Gasteiger charge is 2.28. The maximum atomic E-state index is 10.8. The maximum Gasteiger partial charge on any atom is 0.335 e. The van der Waals surface area contributed by atoms with Crippen molar-refractivity contribution in [2.75, 3.05) is 20.1 Å². The Balaban J connectivity index is 4.97. The molecule has 0 amide bonds. The van der Waals surface area contributed by atoms with Crippen molar-refractivity contribution < 1.29 is 14.7 Å². The highest BCUT2D eigenvalue weighted by molar-refractivity contribution is 5.88. The minimum Gasteiger partial charge on any atom is -0.478 e. The Morgan fingerprint density at radius 2 is 2.04 bits per heavy atom. The number of hydrogen-bond acceptors (Lipinski definition) is 4. The monoisotopic (exact) mass is 336 g/mol. The first kappa shape index (κ1) is 22.1. The number of carbonyl (C=O) groups is 2. The Labute approximate surface area is 145 Å². The highest BCUT2D eigenvalue weighted by Crippen LogP contribution is 2.33. The number of rotatable bonds is 13. The molecule has 0 fully saturated rings. The first-order valence-electron chi connectivity index (χ1n) is 8.44. The molecule has 0 aliphatic heterocycles. The lowest BCUT2D eigenvalue weighted by atomic mass is 9.77. The minimum absolute atomic E-state index is 0.0209. The van der Waals surface area contributed by atoms with E-state index in [4.69, 9.17) is 10.8 Å². The van der Waals surface area contributed by atoms with Crippen LogP contribution in [0.15, 0.2) is 36.1 Å². The Morgan fingerprint density at radius 1 is 1.38 bits per heavy atom. The predicted octanol–water partition coefficient (Wildman–Crippen LogP) is 3.13. The van der Waals surface area contributed by atoms with E-state index in [1.165, 1.54) is 6.08 Å². The number of allylic oxidation sites excluding steroid dienone is 2. The van der Waals surface area contributed by atoms with Crippen molar-refractivity contribution in [1.82, 2.24) is 4.90 Å². The molecule has 0 spiro atoms. The maximum absolute atomic E-state index is 10.8. The van der Waals surface area contributed by atoms with Gasteiger partial charge in [0.1, 0.15) is 6.29 Å². The molecule has 0 aromatic heterocycles. The molecule has 0 saturated carbocycles. The van der Waals surface area contributed by atoms with E-state index in [0.29, 0.717) is 19.4 Å². The average Bonchev–Trinajstić information content (AvgIpc) is 2.56. The number of hydrogen-bond donors (Lipinski definition) is 2. The molecule has 5 heteroatoms. The molecule has 3 N–H and O–H groups in total. The summed E-state index contributed by atoms with van der Waals surface area (Å²) < 4.78 is 0. The van der Waals surface area contributed by atoms with Crippen molar-refractivity contribution in [3.63, 3.8) is 0 Å². The number of carboxylic acids is 1. The molecule has 1 unspecified atom stereocenters. The van der Waals surface area contributed by atoms with E-state index < -0.39 is 5.97 Å². The van der Waals surface area contributed by atoms with Gasteiger partial charge in [-0.1, -0.05) is 31.7 Å². The van der Waals surface area contributed by atoms with E-state index >= 15 is 0 Å². The van der Waals surface area contributed by atoms with Crippen molar-refractivity contribution in [2.24, 2.45) is 11.1 Å². The molecule has 0 aliphatic rings. The number of nitrogens with two attached hydrogens (primary N) is 1. The van der Waals surface area contributed by atoms with Crippen LogP contribution in [0.3, 0.4) is 0 Å². The van der Waals surface area contributed by atoms with Gasteiger partial charge in [0.2, 0.25) is 0 Å². The van der Waals surface area contributed by atoms with Crippen molar-refractivity contribution in [3.05, 3.63) is 36.1 Å². The highest BCUT2D eigenvalue weighted by atomic mass is 16.4. The molecule has 0 aromatic carbocycles. The fourth-order valence-corrected chi connectivity index (χ4v) is 2.91. The summed E-state index contributed by atoms with van der Waals surface area (Å²) in [7, 11) is 2.02. The van der Waals surface area contributed by atoms with Crippen LogP contribution in [0.25, 0.3) is 0 Å². The van der Waals surface area contributed by atoms with Gasteiger partial charge >= 0.3 is 5.97 Å². The molecular weight excluding hydrogens is 304 g/mol. The standard InChI is InChI=1S/C19H32N2O3/c1-5-17(10-7-9-16(3)18(23)24)21(4)15-19(6-2,12-13-20)11-8-14-22/h5,7,9,14H,3,6,8,10-13,15,20H2,1-2,4H3,(H,23,24)/b9-7?,17-5+. The van der Waals surface area contributed by atoms with Crippen LogP contribution in [-0.2, 0) is 9.59 Å². The van der Waals surface area contributed by atoms with Gasteiger partial charge in [0.05, 0.1) is 5.57 Å². The van der Waals surface area contributed by atoms with E-state index in [1.807, 2.05) is 26.1 Å². The summed E-state index contributed by atoms with van der Waals surface area (Å²) in [6, 6.07) is 0. The van der Waals surface area contributed by atoms with Gasteiger partial charge in [0.25, 0.3) is 0 Å². The van der Waals surface area contributed by atoms with Gasteiger partial charge < -0.3 is 20.5 Å². The third-order valence-electron chi connectivity index (χ3n) is 4.53. The van der Waals surface area contributed by atoms with Gasteiger partial charge in [-0.3, -0.25) is 0 Å². The second-order valence-electron chi connectivity index (χ2n) is 6.17. The van der Waals surface area contributed by atoms with Gasteiger partial charge in [0, 0.05) is 32.1 Å². The van der Waals surface area contributed by atoms with Crippen LogP contribution in [0.2, 0.25) is 0 Å². The van der Waals surface area contributed by atoms with Crippen molar-refractivity contribution >= 4 is 12.3 Å². The smallest absolute Gasteiger partial charge is 0.335 e. The molecule has 24 heavy (non-hydrogen) atoms. The summed E-state index contributed by atoms with van der Waals surface area (Å²) in [5.74, 6) is -1.01. The van der Waals surface area contributed by atoms with E-state index in [1.54, 1.807) is 0 Å². The predicted molar refractivity (Wildman–Crippen MR) is 98.6 cm³/mol. The van der Waals surface area contributed by atoms with Gasteiger partial charge in [0.15, 0.2) is 0 Å². The first-order valence-corrected chi connectivity index (χ1v) is 8.44. The fraction of sp³-hybridized carbons (Fsp3) is 0.579. The van der Waals surface area contributed by atoms with Gasteiger partial charge in [-0.25, -0.2) is 4.79 Å². The summed E-state index contributed by atoms with van der Waals surface area (Å²) in [6.45, 7) is 9.01. The van der Waals surface area contributed by atoms with Gasteiger partial charge in [-0.2, -0.15) is 0 Å². The van der Waals surface area contributed by atoms with Crippen LogP contribution < -0.4 is 5.73 Å². The first-order chi connectivity index (χ1) is 11.4. The molecule has 0 rings (SSSR count). The summed E-state index contributed by atoms with van der Waals surface area (Å²) in [4.78, 5) is 23.7.